The summed E-state index contributed by atoms with van der Waals surface area (Å²) in [6.45, 7) is 54.0. The van der Waals surface area contributed by atoms with Crippen LogP contribution < -0.4 is 0 Å². The Morgan fingerprint density at radius 1 is 0.375 bits per heavy atom. The summed E-state index contributed by atoms with van der Waals surface area (Å²) in [4.78, 5) is 57.5. The van der Waals surface area contributed by atoms with Gasteiger partial charge in [-0.1, -0.05) is 200 Å². The Labute approximate surface area is 559 Å². The van der Waals surface area contributed by atoms with Crippen molar-refractivity contribution in [3.05, 3.63) is 59.2 Å². The molecule has 0 saturated carbocycles. The summed E-state index contributed by atoms with van der Waals surface area (Å²) in [5.41, 5.74) is -0.0332. The summed E-state index contributed by atoms with van der Waals surface area (Å²) in [6, 6.07) is 0. The number of rotatable bonds is 26. The van der Waals surface area contributed by atoms with Gasteiger partial charge >= 0.3 is 0 Å². The second-order valence-corrected chi connectivity index (χ2v) is 24.6. The van der Waals surface area contributed by atoms with Gasteiger partial charge in [-0.05, 0) is 66.6 Å². The van der Waals surface area contributed by atoms with E-state index in [1.54, 1.807) is 0 Å². The summed E-state index contributed by atoms with van der Waals surface area (Å²) >= 11 is 0. The smallest absolute Gasteiger partial charge is 0.162 e. The van der Waals surface area contributed by atoms with Gasteiger partial charge in [0.15, 0.2) is 28.9 Å². The van der Waals surface area contributed by atoms with Gasteiger partial charge in [0.2, 0.25) is 0 Å². The second-order valence-electron chi connectivity index (χ2n) is 24.6. The van der Waals surface area contributed by atoms with Crippen molar-refractivity contribution in [1.82, 2.24) is 0 Å². The number of aliphatic hydroxyl groups excluding tert-OH is 5. The van der Waals surface area contributed by atoms with Gasteiger partial charge in [0.05, 0.1) is 28.8 Å². The van der Waals surface area contributed by atoms with E-state index in [-0.39, 0.29) is 222 Å². The first-order valence-corrected chi connectivity index (χ1v) is 28.9. The number of hydrogen-bond donors (Lipinski definition) is 5. The Morgan fingerprint density at radius 3 is 1.05 bits per heavy atom. The summed E-state index contributed by atoms with van der Waals surface area (Å²) < 4.78 is 0. The van der Waals surface area contributed by atoms with Gasteiger partial charge in [0, 0.05) is 191 Å². The predicted molar refractivity (Wildman–Crippen MR) is 319 cm³/mol. The van der Waals surface area contributed by atoms with Gasteiger partial charge in [0.1, 0.15) is 0 Å². The molecule has 9 unspecified atom stereocenters. The van der Waals surface area contributed by atoms with Crippen LogP contribution in [-0.4, -0.2) is 54.4 Å². The van der Waals surface area contributed by atoms with Gasteiger partial charge in [-0.25, -0.2) is 0 Å². The molecule has 80 heavy (non-hydrogen) atoms. The van der Waals surface area contributed by atoms with E-state index >= 15 is 0 Å². The first-order valence-electron chi connectivity index (χ1n) is 28.9. The molecule has 10 nitrogen and oxygen atoms in total. The van der Waals surface area contributed by atoms with Crippen LogP contribution in [-0.2, 0) is 124 Å². The van der Waals surface area contributed by atoms with Crippen molar-refractivity contribution in [3.63, 3.8) is 0 Å². The Kier molecular flexibility index (Phi) is 68.0. The van der Waals surface area contributed by atoms with Crippen LogP contribution in [0.1, 0.15) is 238 Å². The molecular weight excluding hydrogens is 1900 g/mol. The van der Waals surface area contributed by atoms with Gasteiger partial charge in [-0.2, -0.15) is 0 Å². The maximum Gasteiger partial charge on any atom is 0.162 e. The molecule has 0 aliphatic carbocycles. The van der Waals surface area contributed by atoms with Crippen molar-refractivity contribution in [2.75, 3.05) is 0 Å². The fourth-order valence-electron chi connectivity index (χ4n) is 7.34. The molecule has 15 heteroatoms. The van der Waals surface area contributed by atoms with Crippen LogP contribution in [0.2, 0.25) is 0 Å². The van der Waals surface area contributed by atoms with Crippen LogP contribution in [0.3, 0.4) is 0 Å². The Morgan fingerprint density at radius 2 is 0.750 bits per heavy atom. The molecule has 5 N–H and O–H groups in total. The summed E-state index contributed by atoms with van der Waals surface area (Å²) in [5.74, 6) is 3.02. The molecule has 0 aromatic carbocycles. The van der Waals surface area contributed by atoms with Crippen molar-refractivity contribution in [2.24, 2.45) is 87.8 Å². The molecular formula is C65H120Ir5O10. The monoisotopic (exact) mass is 2030 g/mol. The molecule has 9 atom stereocenters. The summed E-state index contributed by atoms with van der Waals surface area (Å²) in [7, 11) is 0. The van der Waals surface area contributed by atoms with E-state index in [4.69, 9.17) is 0 Å². The Bertz CT molecular complexity index is 1800. The molecule has 0 aromatic heterocycles. The predicted octanol–water partition coefficient (Wildman–Crippen LogP) is 18.6. The first-order chi connectivity index (χ1) is 34.2. The van der Waals surface area contributed by atoms with Gasteiger partial charge in [-0.3, -0.25) is 24.0 Å². The van der Waals surface area contributed by atoms with E-state index in [9.17, 15) is 49.5 Å². The SMILES string of the molecule is CC(C)C(=O)C=C(O)C(C)C(C)(C)C.CCC(C(O)=CC(=O)C(C)C(C)C)C(C)(C)C.CCC(C)C(=O)C=C(O)C(CC)C(C)C.CCC(C)C(C)C(O)=CC(=O)C(C)C.CCCC(=O)C=C(O)C(CC)C(C)CC.[Ir].[Ir].[Ir].[Ir].[Ir]. The minimum Gasteiger partial charge on any atom is -0.512 e. The van der Waals surface area contributed by atoms with E-state index in [2.05, 4.69) is 62.3 Å². The zero-order chi connectivity index (χ0) is 60.5. The van der Waals surface area contributed by atoms with E-state index in [1.165, 1.54) is 30.4 Å². The van der Waals surface area contributed by atoms with Crippen molar-refractivity contribution < 1.29 is 150 Å². The number of allylic oxidation sites excluding steroid dienone is 10. The van der Waals surface area contributed by atoms with Gasteiger partial charge in [0.25, 0.3) is 0 Å². The molecule has 0 aromatic rings. The van der Waals surface area contributed by atoms with E-state index in [1.807, 2.05) is 125 Å². The number of ketones is 5. The number of carbonyl (C=O) groups excluding carboxylic acids is 5. The quantitative estimate of drug-likeness (QED) is 0.0412. The summed E-state index contributed by atoms with van der Waals surface area (Å²) in [5, 5.41) is 49.2. The molecule has 0 bridgehead atoms. The third-order valence-electron chi connectivity index (χ3n) is 14.9. The fourth-order valence-corrected chi connectivity index (χ4v) is 7.34. The van der Waals surface area contributed by atoms with E-state index < -0.39 is 0 Å². The average molecular weight is 2020 g/mol. The fraction of sp³-hybridized carbons (Fsp3) is 0.769. The molecule has 5 radical (unpaired) electrons. The van der Waals surface area contributed by atoms with Crippen molar-refractivity contribution >= 4 is 28.9 Å². The third-order valence-corrected chi connectivity index (χ3v) is 14.9. The minimum atomic E-state index is -0.0516. The van der Waals surface area contributed by atoms with E-state index in [0.29, 0.717) is 30.1 Å². The Hall–Kier alpha value is -0.703. The molecule has 485 valence electrons. The minimum absolute atomic E-state index is 0. The molecule has 0 aliphatic rings. The molecule has 0 rings (SSSR count). The molecule has 0 amide bonds. The van der Waals surface area contributed by atoms with Crippen LogP contribution in [0.15, 0.2) is 59.2 Å². The Balaban J connectivity index is -0.0000000944. The second kappa shape index (κ2) is 53.7. The van der Waals surface area contributed by atoms with Crippen LogP contribution in [0.5, 0.6) is 0 Å². The van der Waals surface area contributed by atoms with Crippen LogP contribution in [0, 0.1) is 87.8 Å². The standard InChI is InChI=1S/C15H28O2.2C13H24O2.2C12H22O2.5Ir/c1-8-12(15(5,6)7)14(17)9-13(16)11(4)10(2)3;1-6-10(5)12(14)8-13(15)11(7-2)9(3)4;1-5-8-11(14)9-13(15)12(7-3)10(4)6-2;1-8(2)10(13)7-11(14)9(3)12(4,5)6;1-6-9(4)10(5)12(14)7-11(13)8(2)3;;;;;/h9-12,17H,8H2,1-7H3;8-11,15H,6-7H2,1-5H3;9-10,12,15H,5-8H2,1-4H3;7-9,14H,1-6H3;7-10,14H,6H2,1-5H3;;;;;. The van der Waals surface area contributed by atoms with Gasteiger partial charge in [-0.15, -0.1) is 0 Å². The molecule has 0 fully saturated rings. The van der Waals surface area contributed by atoms with Crippen LogP contribution >= 0.6 is 0 Å². The van der Waals surface area contributed by atoms with Crippen LogP contribution in [0.25, 0.3) is 0 Å². The first kappa shape index (κ1) is 101. The van der Waals surface area contributed by atoms with Crippen LogP contribution in [0.4, 0.5) is 0 Å². The van der Waals surface area contributed by atoms with E-state index in [0.717, 1.165) is 44.9 Å². The molecule has 0 aliphatic heterocycles. The number of aliphatic hydroxyl groups is 5. The third kappa shape index (κ3) is 46.6. The molecule has 0 spiro atoms. The van der Waals surface area contributed by atoms with Crippen molar-refractivity contribution in [2.45, 2.75) is 238 Å². The van der Waals surface area contributed by atoms with Gasteiger partial charge < -0.3 is 25.5 Å². The maximum absolute atomic E-state index is 11.9. The molecule has 0 heterocycles. The van der Waals surface area contributed by atoms with Crippen molar-refractivity contribution in [1.29, 1.82) is 0 Å². The zero-order valence-electron chi connectivity index (χ0n) is 55.0. The number of carbonyl (C=O) groups is 5. The van der Waals surface area contributed by atoms with Crippen molar-refractivity contribution in [3.8, 4) is 0 Å². The average Bonchev–Trinajstić information content (AvgIpc) is 3.30. The zero-order valence-corrected chi connectivity index (χ0v) is 67.0. The molecule has 0 saturated heterocycles. The number of hydrogen-bond acceptors (Lipinski definition) is 10. The normalized spacial score (nSPS) is 15.5. The maximum atomic E-state index is 11.9. The topological polar surface area (TPSA) is 186 Å². The summed E-state index contributed by atoms with van der Waals surface area (Å²) in [6.07, 6.45) is 13.8. The largest absolute Gasteiger partial charge is 0.512 e.